The highest BCUT2D eigenvalue weighted by Gasteiger charge is 2.44. The minimum absolute atomic E-state index is 0.661. The number of aliphatic hydroxyl groups is 3. The smallest absolute Gasteiger partial charge is 0.233 e. The van der Waals surface area contributed by atoms with Crippen LogP contribution in [0.5, 0.6) is 0 Å². The summed E-state index contributed by atoms with van der Waals surface area (Å²) in [7, 11) is 0. The van der Waals surface area contributed by atoms with Crippen molar-refractivity contribution in [3.05, 3.63) is 0 Å². The predicted molar refractivity (Wildman–Crippen MR) is 33.8 cm³/mol. The highest BCUT2D eigenvalue weighted by molar-refractivity contribution is 4.88. The quantitative estimate of drug-likeness (QED) is 0.475. The van der Waals surface area contributed by atoms with E-state index in [2.05, 4.69) is 4.74 Å². The summed E-state index contributed by atoms with van der Waals surface area (Å²) >= 11 is 0. The summed E-state index contributed by atoms with van der Waals surface area (Å²) in [4.78, 5) is 0. The Morgan fingerprint density at radius 3 is 2.25 bits per heavy atom. The molecule has 4 nitrogen and oxygen atoms in total. The molecule has 0 saturated carbocycles. The second-order valence-corrected chi connectivity index (χ2v) is 2.63. The molecule has 0 aromatic rings. The molecule has 12 heavy (non-hydrogen) atoms. The molecule has 1 aliphatic rings. The topological polar surface area (TPSA) is 69.9 Å². The number of ether oxygens (including phenoxy) is 1. The van der Waals surface area contributed by atoms with Gasteiger partial charge in [0.2, 0.25) is 6.36 Å². The monoisotopic (exact) mass is 184 g/mol. The Bertz CT molecular complexity index is 152. The molecule has 0 amide bonds. The van der Waals surface area contributed by atoms with Gasteiger partial charge in [-0.25, -0.2) is 8.78 Å². The van der Waals surface area contributed by atoms with Crippen molar-refractivity contribution < 1.29 is 28.8 Å². The number of rotatable bonds is 1. The van der Waals surface area contributed by atoms with Gasteiger partial charge >= 0.3 is 0 Å². The van der Waals surface area contributed by atoms with Crippen molar-refractivity contribution in [1.29, 1.82) is 0 Å². The van der Waals surface area contributed by atoms with E-state index in [-0.39, 0.29) is 0 Å². The Hall–Kier alpha value is -0.300. The lowest BCUT2D eigenvalue weighted by atomic mass is 10.0. The van der Waals surface area contributed by atoms with E-state index < -0.39 is 37.4 Å². The van der Waals surface area contributed by atoms with E-state index >= 15 is 0 Å². The van der Waals surface area contributed by atoms with Gasteiger partial charge in [0.05, 0.1) is 6.61 Å². The first-order chi connectivity index (χ1) is 5.57. The average Bonchev–Trinajstić information content (AvgIpc) is 2.08. The molecule has 1 rings (SSSR count). The van der Waals surface area contributed by atoms with Crippen LogP contribution in [0.15, 0.2) is 0 Å². The summed E-state index contributed by atoms with van der Waals surface area (Å²) in [5, 5.41) is 26.3. The minimum atomic E-state index is -2.29. The van der Waals surface area contributed by atoms with Crippen molar-refractivity contribution in [2.45, 2.75) is 30.8 Å². The molecule has 0 bridgehead atoms. The molecule has 0 aromatic heterocycles. The molecular formula is C6H10F2O4. The Balaban J connectivity index is 2.63. The zero-order valence-corrected chi connectivity index (χ0v) is 6.10. The first kappa shape index (κ1) is 9.79. The van der Waals surface area contributed by atoms with Gasteiger partial charge in [0.25, 0.3) is 0 Å². The molecule has 0 aromatic carbocycles. The molecule has 1 aliphatic heterocycles. The average molecular weight is 184 g/mol. The van der Waals surface area contributed by atoms with Crippen molar-refractivity contribution in [2.24, 2.45) is 0 Å². The van der Waals surface area contributed by atoms with Crippen LogP contribution in [0.3, 0.4) is 0 Å². The molecule has 0 spiro atoms. The van der Waals surface area contributed by atoms with Crippen LogP contribution < -0.4 is 0 Å². The first-order valence-corrected chi connectivity index (χ1v) is 3.48. The first-order valence-electron chi connectivity index (χ1n) is 3.48. The van der Waals surface area contributed by atoms with Crippen LogP contribution in [0.1, 0.15) is 0 Å². The van der Waals surface area contributed by atoms with E-state index in [1.54, 1.807) is 0 Å². The molecule has 1 saturated heterocycles. The zero-order chi connectivity index (χ0) is 9.30. The van der Waals surface area contributed by atoms with Crippen LogP contribution in [0, 0.1) is 0 Å². The summed E-state index contributed by atoms with van der Waals surface area (Å²) in [5.74, 6) is 0. The molecule has 0 radical (unpaired) electrons. The fourth-order valence-corrected chi connectivity index (χ4v) is 1.04. The van der Waals surface area contributed by atoms with E-state index in [0.717, 1.165) is 0 Å². The second kappa shape index (κ2) is 3.61. The van der Waals surface area contributed by atoms with Crippen molar-refractivity contribution >= 4 is 0 Å². The molecule has 6 heteroatoms. The maximum absolute atomic E-state index is 12.5. The van der Waals surface area contributed by atoms with Gasteiger partial charge in [-0.2, -0.15) is 0 Å². The van der Waals surface area contributed by atoms with Crippen molar-refractivity contribution in [1.82, 2.24) is 0 Å². The molecule has 3 N–H and O–H groups in total. The minimum Gasteiger partial charge on any atom is -0.394 e. The molecule has 5 unspecified atom stereocenters. The highest BCUT2D eigenvalue weighted by Crippen LogP contribution is 2.23. The van der Waals surface area contributed by atoms with Gasteiger partial charge in [0.1, 0.15) is 18.3 Å². The summed E-state index contributed by atoms with van der Waals surface area (Å²) in [6.07, 6.45) is -9.24. The Kier molecular flexibility index (Phi) is 2.94. The van der Waals surface area contributed by atoms with Gasteiger partial charge in [-0.15, -0.1) is 0 Å². The zero-order valence-electron chi connectivity index (χ0n) is 6.10. The Morgan fingerprint density at radius 2 is 1.75 bits per heavy atom. The Morgan fingerprint density at radius 1 is 1.17 bits per heavy atom. The fraction of sp³-hybridized carbons (Fsp3) is 1.00. The van der Waals surface area contributed by atoms with Crippen molar-refractivity contribution in [3.8, 4) is 0 Å². The number of halogens is 2. The fourth-order valence-electron chi connectivity index (χ4n) is 1.04. The standard InChI is InChI=1S/C6H10F2O4/c7-3-5(11)4(10)2(1-9)12-6(3)8/h2-6,9-11H,1H2. The molecule has 1 fully saturated rings. The van der Waals surface area contributed by atoms with Gasteiger partial charge in [-0.1, -0.05) is 0 Å². The molecular weight excluding hydrogens is 174 g/mol. The van der Waals surface area contributed by atoms with E-state index in [4.69, 9.17) is 15.3 Å². The van der Waals surface area contributed by atoms with Crippen molar-refractivity contribution in [3.63, 3.8) is 0 Å². The Labute approximate surface area is 67.4 Å². The maximum Gasteiger partial charge on any atom is 0.233 e. The van der Waals surface area contributed by atoms with Crippen LogP contribution in [-0.4, -0.2) is 52.8 Å². The molecule has 5 atom stereocenters. The summed E-state index contributed by atoms with van der Waals surface area (Å²) in [6.45, 7) is -0.661. The summed E-state index contributed by atoms with van der Waals surface area (Å²) < 4.78 is 29.2. The number of hydrogen-bond donors (Lipinski definition) is 3. The van der Waals surface area contributed by atoms with E-state index in [1.807, 2.05) is 0 Å². The van der Waals surface area contributed by atoms with Gasteiger partial charge in [0.15, 0.2) is 6.17 Å². The summed E-state index contributed by atoms with van der Waals surface area (Å²) in [6, 6.07) is 0. The number of alkyl halides is 2. The normalized spacial score (nSPS) is 49.2. The van der Waals surface area contributed by atoms with Crippen LogP contribution in [0.2, 0.25) is 0 Å². The van der Waals surface area contributed by atoms with Gasteiger partial charge in [-0.3, -0.25) is 0 Å². The lowest BCUT2D eigenvalue weighted by molar-refractivity contribution is -0.246. The third kappa shape index (κ3) is 1.56. The van der Waals surface area contributed by atoms with Crippen LogP contribution in [0.4, 0.5) is 8.78 Å². The van der Waals surface area contributed by atoms with E-state index in [1.165, 1.54) is 0 Å². The van der Waals surface area contributed by atoms with E-state index in [9.17, 15) is 8.78 Å². The third-order valence-electron chi connectivity index (χ3n) is 1.79. The largest absolute Gasteiger partial charge is 0.394 e. The van der Waals surface area contributed by atoms with Crippen LogP contribution in [-0.2, 0) is 4.74 Å². The molecule has 0 aliphatic carbocycles. The van der Waals surface area contributed by atoms with Gasteiger partial charge in [-0.05, 0) is 0 Å². The van der Waals surface area contributed by atoms with E-state index in [0.29, 0.717) is 0 Å². The van der Waals surface area contributed by atoms with Gasteiger partial charge in [0, 0.05) is 0 Å². The second-order valence-electron chi connectivity index (χ2n) is 2.63. The molecule has 1 heterocycles. The number of hydrogen-bond acceptors (Lipinski definition) is 4. The maximum atomic E-state index is 12.5. The van der Waals surface area contributed by atoms with Crippen LogP contribution in [0.25, 0.3) is 0 Å². The summed E-state index contributed by atoms with van der Waals surface area (Å²) in [5.41, 5.74) is 0. The number of aliphatic hydroxyl groups excluding tert-OH is 3. The molecule has 72 valence electrons. The van der Waals surface area contributed by atoms with Gasteiger partial charge < -0.3 is 20.1 Å². The third-order valence-corrected chi connectivity index (χ3v) is 1.79. The SMILES string of the molecule is OCC1OC(F)C(F)C(O)C1O. The highest BCUT2D eigenvalue weighted by atomic mass is 19.2. The van der Waals surface area contributed by atoms with Crippen LogP contribution >= 0.6 is 0 Å². The van der Waals surface area contributed by atoms with Crippen molar-refractivity contribution in [2.75, 3.05) is 6.61 Å². The lowest BCUT2D eigenvalue weighted by Gasteiger charge is -2.35. The lowest BCUT2D eigenvalue weighted by Crippen LogP contribution is -2.55. The predicted octanol–water partition coefficient (Wildman–Crippen LogP) is -1.27.